The van der Waals surface area contributed by atoms with E-state index in [2.05, 4.69) is 10.1 Å². The molecular weight excluding hydrogens is 357 g/mol. The van der Waals surface area contributed by atoms with E-state index in [-0.39, 0.29) is 11.6 Å². The topological polar surface area (TPSA) is 47.8 Å². The first-order valence-electron chi connectivity index (χ1n) is 6.98. The predicted octanol–water partition coefficient (Wildman–Crippen LogP) is 1.87. The fraction of sp³-hybridized carbons (Fsp3) is 0.188. The minimum atomic E-state index is -0.0783. The Kier molecular flexibility index (Phi) is 4.27. The van der Waals surface area contributed by atoms with Gasteiger partial charge in [0.05, 0.1) is 0 Å². The van der Waals surface area contributed by atoms with Crippen molar-refractivity contribution in [1.29, 1.82) is 0 Å². The number of hydrogen-bond acceptors (Lipinski definition) is 4. The average molecular weight is 373 g/mol. The van der Waals surface area contributed by atoms with Gasteiger partial charge in [0.2, 0.25) is 0 Å². The van der Waals surface area contributed by atoms with E-state index < -0.39 is 0 Å². The average Bonchev–Trinajstić information content (AvgIpc) is 2.90. The van der Waals surface area contributed by atoms with Gasteiger partial charge in [0.15, 0.2) is 0 Å². The van der Waals surface area contributed by atoms with Gasteiger partial charge in [-0.15, -0.1) is 0 Å². The zero-order valence-electron chi connectivity index (χ0n) is 12.4. The number of benzene rings is 1. The van der Waals surface area contributed by atoms with Crippen molar-refractivity contribution in [2.75, 3.05) is 0 Å². The number of nitrogens with zero attached hydrogens (tertiary/aromatic N) is 3. The number of rotatable bonds is 3. The first-order valence-corrected chi connectivity index (χ1v) is 9.01. The van der Waals surface area contributed by atoms with E-state index >= 15 is 0 Å². The standard InChI is InChI=1S/C16H16AsN3OS/c1-10(2)20-13(21)9-8-12(19-20)15-14(18-16(17)22-15)11-6-4-3-5-7-11/h3-10H,17H2,1-2H3. The minimum absolute atomic E-state index is 0.0332. The van der Waals surface area contributed by atoms with Crippen molar-refractivity contribution in [3.8, 4) is 21.8 Å². The van der Waals surface area contributed by atoms with E-state index in [1.165, 1.54) is 21.5 Å². The molecule has 4 nitrogen and oxygen atoms in total. The molecule has 6 heteroatoms. The summed E-state index contributed by atoms with van der Waals surface area (Å²) in [7, 11) is 0. The summed E-state index contributed by atoms with van der Waals surface area (Å²) in [4.78, 5) is 17.6. The summed E-state index contributed by atoms with van der Waals surface area (Å²) < 4.78 is 2.56. The van der Waals surface area contributed by atoms with Crippen LogP contribution >= 0.6 is 11.3 Å². The first kappa shape index (κ1) is 15.2. The summed E-state index contributed by atoms with van der Waals surface area (Å²) >= 11 is 3.12. The zero-order valence-corrected chi connectivity index (χ0v) is 15.6. The molecule has 0 radical (unpaired) electrons. The van der Waals surface area contributed by atoms with Crippen LogP contribution in [0.4, 0.5) is 0 Å². The summed E-state index contributed by atoms with van der Waals surface area (Å²) in [6, 6.07) is 13.5. The molecule has 3 aromatic rings. The van der Waals surface area contributed by atoms with Gasteiger partial charge in [-0.1, -0.05) is 0 Å². The Hall–Kier alpha value is -1.71. The SMILES string of the molecule is CC(C)n1nc(-c2sc([AsH2])nc2-c2ccccc2)ccc1=O. The molecule has 0 spiro atoms. The molecule has 2 heterocycles. The molecule has 1 atom stereocenters. The molecule has 3 rings (SSSR count). The molecule has 0 aliphatic rings. The first-order chi connectivity index (χ1) is 10.6. The molecule has 22 heavy (non-hydrogen) atoms. The molecule has 1 aromatic carbocycles. The number of hydrogen-bond donors (Lipinski definition) is 0. The van der Waals surface area contributed by atoms with E-state index in [1.54, 1.807) is 23.5 Å². The van der Waals surface area contributed by atoms with Crippen molar-refractivity contribution in [2.45, 2.75) is 19.9 Å². The van der Waals surface area contributed by atoms with Crippen molar-refractivity contribution in [3.05, 3.63) is 52.8 Å². The van der Waals surface area contributed by atoms with Crippen LogP contribution in [-0.4, -0.2) is 31.6 Å². The van der Waals surface area contributed by atoms with Crippen LogP contribution < -0.4 is 9.35 Å². The van der Waals surface area contributed by atoms with Crippen LogP contribution in [0.15, 0.2) is 47.3 Å². The van der Waals surface area contributed by atoms with Crippen LogP contribution in [0.25, 0.3) is 21.8 Å². The Labute approximate surface area is 141 Å². The van der Waals surface area contributed by atoms with Gasteiger partial charge in [-0.3, -0.25) is 0 Å². The molecule has 0 fully saturated rings. The molecule has 0 aliphatic carbocycles. The Morgan fingerprint density at radius 2 is 1.86 bits per heavy atom. The second-order valence-electron chi connectivity index (χ2n) is 5.19. The monoisotopic (exact) mass is 373 g/mol. The van der Waals surface area contributed by atoms with Gasteiger partial charge in [0.1, 0.15) is 0 Å². The summed E-state index contributed by atoms with van der Waals surface area (Å²) in [5.74, 6) is 0. The summed E-state index contributed by atoms with van der Waals surface area (Å²) in [5, 5.41) is 4.52. The second kappa shape index (κ2) is 6.19. The van der Waals surface area contributed by atoms with Crippen LogP contribution in [0, 0.1) is 0 Å². The maximum atomic E-state index is 11.9. The van der Waals surface area contributed by atoms with Gasteiger partial charge in [-0.2, -0.15) is 0 Å². The van der Waals surface area contributed by atoms with E-state index in [0.717, 1.165) is 25.6 Å². The van der Waals surface area contributed by atoms with Gasteiger partial charge in [-0.05, 0) is 0 Å². The van der Waals surface area contributed by atoms with Crippen molar-refractivity contribution >= 4 is 32.0 Å². The molecule has 0 amide bonds. The van der Waals surface area contributed by atoms with Gasteiger partial charge < -0.3 is 0 Å². The third kappa shape index (κ3) is 2.92. The van der Waals surface area contributed by atoms with E-state index in [9.17, 15) is 4.79 Å². The Morgan fingerprint density at radius 3 is 2.55 bits per heavy atom. The Bertz CT molecular complexity index is 855. The van der Waals surface area contributed by atoms with E-state index in [4.69, 9.17) is 0 Å². The molecule has 0 bridgehead atoms. The molecule has 112 valence electrons. The fourth-order valence-corrected chi connectivity index (χ4v) is 4.05. The van der Waals surface area contributed by atoms with Crippen LogP contribution in [0.2, 0.25) is 0 Å². The molecule has 0 aliphatic heterocycles. The zero-order chi connectivity index (χ0) is 15.7. The van der Waals surface area contributed by atoms with Crippen LogP contribution in [-0.2, 0) is 0 Å². The molecule has 0 N–H and O–H groups in total. The molecule has 0 saturated heterocycles. The molecule has 2 aromatic heterocycles. The molecule has 1 unspecified atom stereocenters. The van der Waals surface area contributed by atoms with Gasteiger partial charge in [-0.25, -0.2) is 0 Å². The van der Waals surface area contributed by atoms with Crippen molar-refractivity contribution < 1.29 is 0 Å². The number of thiazole rings is 1. The van der Waals surface area contributed by atoms with E-state index in [0.29, 0.717) is 0 Å². The van der Waals surface area contributed by atoms with Gasteiger partial charge >= 0.3 is 141 Å². The number of aromatic nitrogens is 3. The predicted molar refractivity (Wildman–Crippen MR) is 93.6 cm³/mol. The normalized spacial score (nSPS) is 11.1. The van der Waals surface area contributed by atoms with Crippen molar-refractivity contribution in [1.82, 2.24) is 14.8 Å². The van der Waals surface area contributed by atoms with Crippen LogP contribution in [0.3, 0.4) is 0 Å². The second-order valence-corrected chi connectivity index (χ2v) is 8.25. The van der Waals surface area contributed by atoms with Crippen molar-refractivity contribution in [3.63, 3.8) is 0 Å². The molecular formula is C16H16AsN3OS. The Morgan fingerprint density at radius 1 is 1.14 bits per heavy atom. The maximum absolute atomic E-state index is 11.9. The van der Waals surface area contributed by atoms with E-state index in [1.807, 2.05) is 44.2 Å². The summed E-state index contributed by atoms with van der Waals surface area (Å²) in [5.41, 5.74) is 2.73. The third-order valence-corrected chi connectivity index (χ3v) is 5.16. The quantitative estimate of drug-likeness (QED) is 0.659. The van der Waals surface area contributed by atoms with Crippen molar-refractivity contribution in [2.24, 2.45) is 0 Å². The van der Waals surface area contributed by atoms with Gasteiger partial charge in [0.25, 0.3) is 0 Å². The van der Waals surface area contributed by atoms with Crippen LogP contribution in [0.5, 0.6) is 0 Å². The fourth-order valence-electron chi connectivity index (χ4n) is 2.22. The molecule has 0 saturated carbocycles. The summed E-state index contributed by atoms with van der Waals surface area (Å²) in [6.45, 7) is 3.91. The third-order valence-electron chi connectivity index (χ3n) is 3.24. The van der Waals surface area contributed by atoms with Crippen LogP contribution in [0.1, 0.15) is 19.9 Å². The summed E-state index contributed by atoms with van der Waals surface area (Å²) in [6.07, 6.45) is 0. The Balaban J connectivity index is 2.18. The van der Waals surface area contributed by atoms with Gasteiger partial charge in [0, 0.05) is 0 Å².